The monoisotopic (exact) mass is 485 g/mol. The van der Waals surface area contributed by atoms with Crippen molar-refractivity contribution in [1.29, 1.82) is 5.26 Å². The number of benzene rings is 1. The van der Waals surface area contributed by atoms with Gasteiger partial charge in [-0.05, 0) is 85.1 Å². The van der Waals surface area contributed by atoms with Gasteiger partial charge in [-0.15, -0.1) is 0 Å². The van der Waals surface area contributed by atoms with E-state index < -0.39 is 0 Å². The molecule has 5 aromatic rings. The zero-order valence-corrected chi connectivity index (χ0v) is 20.6. The average Bonchev–Trinajstić information content (AvgIpc) is 3.43. The molecule has 0 unspecified atom stereocenters. The molecule has 37 heavy (non-hydrogen) atoms. The number of hydrogen-bond donors (Lipinski definition) is 3. The van der Waals surface area contributed by atoms with Crippen LogP contribution in [0.25, 0.3) is 23.1 Å². The number of aryl methyl sites for hydroxylation is 1. The van der Waals surface area contributed by atoms with Gasteiger partial charge in [-0.1, -0.05) is 6.07 Å². The summed E-state index contributed by atoms with van der Waals surface area (Å²) in [5.74, 6) is 0. The van der Waals surface area contributed by atoms with Gasteiger partial charge in [-0.25, -0.2) is 0 Å². The van der Waals surface area contributed by atoms with Crippen LogP contribution in [-0.2, 0) is 13.0 Å². The molecule has 182 valence electrons. The minimum absolute atomic E-state index is 0.483. The molecule has 4 heterocycles. The maximum absolute atomic E-state index is 9.72. The van der Waals surface area contributed by atoms with Gasteiger partial charge in [-0.2, -0.15) is 5.26 Å². The first-order valence-corrected chi connectivity index (χ1v) is 12.2. The van der Waals surface area contributed by atoms with E-state index in [1.54, 1.807) is 12.4 Å². The van der Waals surface area contributed by atoms with Crippen LogP contribution in [0.4, 0.5) is 11.4 Å². The van der Waals surface area contributed by atoms with Crippen LogP contribution in [0.1, 0.15) is 33.5 Å². The van der Waals surface area contributed by atoms with Crippen molar-refractivity contribution in [2.24, 2.45) is 0 Å². The molecule has 0 amide bonds. The first-order chi connectivity index (χ1) is 18.2. The molecule has 1 aromatic carbocycles. The lowest BCUT2D eigenvalue weighted by Crippen LogP contribution is -2.16. The highest BCUT2D eigenvalue weighted by Gasteiger charge is 2.11. The Labute approximate surface area is 216 Å². The lowest BCUT2D eigenvalue weighted by atomic mass is 10.1. The van der Waals surface area contributed by atoms with Crippen molar-refractivity contribution in [3.8, 4) is 6.07 Å². The van der Waals surface area contributed by atoms with Crippen molar-refractivity contribution in [1.82, 2.24) is 25.3 Å². The standard InChI is InChI=1S/C30H27N7/c1-21-27-11-15-35-29(27)7-6-28(21)37-30-24(19-34-20-25(30)16-31)3-5-26-4-2-23(18-36-26)17-33-14-10-22-8-12-32-13-9-22/h2-9,11-13,15,18-20,33,35H,10,14,17H2,1H3,(H,34,37)/b5-3+. The van der Waals surface area contributed by atoms with E-state index in [0.717, 1.165) is 64.2 Å². The molecule has 0 aliphatic heterocycles. The fraction of sp³-hybridized carbons (Fsp3) is 0.133. The summed E-state index contributed by atoms with van der Waals surface area (Å²) in [6.45, 7) is 3.72. The van der Waals surface area contributed by atoms with Crippen LogP contribution in [0.15, 0.2) is 79.6 Å². The highest BCUT2D eigenvalue weighted by molar-refractivity contribution is 5.90. The number of rotatable bonds is 9. The molecule has 0 bridgehead atoms. The van der Waals surface area contributed by atoms with Crippen LogP contribution < -0.4 is 10.6 Å². The van der Waals surface area contributed by atoms with E-state index in [1.807, 2.05) is 67.3 Å². The molecule has 7 nitrogen and oxygen atoms in total. The van der Waals surface area contributed by atoms with E-state index >= 15 is 0 Å². The van der Waals surface area contributed by atoms with Crippen LogP contribution in [0.5, 0.6) is 0 Å². The van der Waals surface area contributed by atoms with Crippen molar-refractivity contribution < 1.29 is 0 Å². The number of aromatic amines is 1. The summed E-state index contributed by atoms with van der Waals surface area (Å²) in [4.78, 5) is 16.1. The van der Waals surface area contributed by atoms with Gasteiger partial charge in [0.2, 0.25) is 0 Å². The van der Waals surface area contributed by atoms with Gasteiger partial charge in [0.1, 0.15) is 6.07 Å². The van der Waals surface area contributed by atoms with E-state index in [4.69, 9.17) is 0 Å². The molecule has 0 saturated heterocycles. The number of hydrogen-bond acceptors (Lipinski definition) is 6. The smallest absolute Gasteiger partial charge is 0.103 e. The van der Waals surface area contributed by atoms with Crippen LogP contribution in [0, 0.1) is 18.3 Å². The minimum Gasteiger partial charge on any atom is -0.361 e. The molecule has 3 N–H and O–H groups in total. The Balaban J connectivity index is 1.27. The molecule has 0 fully saturated rings. The largest absolute Gasteiger partial charge is 0.361 e. The number of fused-ring (bicyclic) bond motifs is 1. The van der Waals surface area contributed by atoms with Crippen molar-refractivity contribution in [2.75, 3.05) is 11.9 Å². The number of nitrogens with one attached hydrogen (secondary N) is 3. The zero-order chi connectivity index (χ0) is 25.5. The molecule has 0 aliphatic rings. The third-order valence-corrected chi connectivity index (χ3v) is 6.31. The van der Waals surface area contributed by atoms with Crippen molar-refractivity contribution >= 4 is 34.4 Å². The molecule has 0 spiro atoms. The number of pyridine rings is 3. The number of aromatic nitrogens is 4. The normalized spacial score (nSPS) is 11.1. The maximum atomic E-state index is 9.72. The summed E-state index contributed by atoms with van der Waals surface area (Å²) in [5, 5.41) is 17.8. The second-order valence-electron chi connectivity index (χ2n) is 8.77. The van der Waals surface area contributed by atoms with Gasteiger partial charge in [0.05, 0.1) is 16.9 Å². The quantitative estimate of drug-likeness (QED) is 0.229. The number of nitrogens with zero attached hydrogens (tertiary/aromatic N) is 4. The van der Waals surface area contributed by atoms with Gasteiger partial charge >= 0.3 is 0 Å². The number of anilines is 2. The summed E-state index contributed by atoms with van der Waals surface area (Å²) in [6.07, 6.45) is 15.6. The predicted octanol–water partition coefficient (Wildman–Crippen LogP) is 5.78. The fourth-order valence-electron chi connectivity index (χ4n) is 4.21. The lowest BCUT2D eigenvalue weighted by Gasteiger charge is -2.14. The minimum atomic E-state index is 0.483. The lowest BCUT2D eigenvalue weighted by molar-refractivity contribution is 0.685. The van der Waals surface area contributed by atoms with Crippen molar-refractivity contribution in [3.63, 3.8) is 0 Å². The number of nitriles is 1. The molecular formula is C30H27N7. The summed E-state index contributed by atoms with van der Waals surface area (Å²) in [7, 11) is 0. The second kappa shape index (κ2) is 11.3. The van der Waals surface area contributed by atoms with Crippen LogP contribution in [-0.4, -0.2) is 26.5 Å². The fourth-order valence-corrected chi connectivity index (χ4v) is 4.21. The first kappa shape index (κ1) is 23.9. The summed E-state index contributed by atoms with van der Waals surface area (Å²) in [6, 6.07) is 16.5. The molecule has 0 atom stereocenters. The van der Waals surface area contributed by atoms with Gasteiger partial charge in [-0.3, -0.25) is 15.0 Å². The second-order valence-corrected chi connectivity index (χ2v) is 8.77. The topological polar surface area (TPSA) is 102 Å². The van der Waals surface area contributed by atoms with Gasteiger partial charge in [0.25, 0.3) is 0 Å². The predicted molar refractivity (Wildman–Crippen MR) is 148 cm³/mol. The molecule has 5 rings (SSSR count). The summed E-state index contributed by atoms with van der Waals surface area (Å²) >= 11 is 0. The van der Waals surface area contributed by atoms with Gasteiger partial charge in [0.15, 0.2) is 0 Å². The van der Waals surface area contributed by atoms with E-state index in [1.165, 1.54) is 5.56 Å². The third kappa shape index (κ3) is 5.72. The highest BCUT2D eigenvalue weighted by Crippen LogP contribution is 2.31. The van der Waals surface area contributed by atoms with Gasteiger partial charge in [0, 0.05) is 65.9 Å². The van der Waals surface area contributed by atoms with Crippen LogP contribution in [0.3, 0.4) is 0 Å². The molecule has 0 aliphatic carbocycles. The Morgan fingerprint density at radius 1 is 0.946 bits per heavy atom. The Morgan fingerprint density at radius 3 is 2.65 bits per heavy atom. The van der Waals surface area contributed by atoms with Crippen LogP contribution in [0.2, 0.25) is 0 Å². The van der Waals surface area contributed by atoms with Crippen molar-refractivity contribution in [3.05, 3.63) is 113 Å². The Morgan fingerprint density at radius 2 is 1.84 bits per heavy atom. The van der Waals surface area contributed by atoms with E-state index in [-0.39, 0.29) is 0 Å². The van der Waals surface area contributed by atoms with E-state index in [0.29, 0.717) is 5.56 Å². The highest BCUT2D eigenvalue weighted by atomic mass is 14.9. The zero-order valence-electron chi connectivity index (χ0n) is 20.6. The third-order valence-electron chi connectivity index (χ3n) is 6.31. The SMILES string of the molecule is Cc1c(Nc2c(C#N)cncc2/C=C/c2ccc(CNCCc3ccncc3)cn2)ccc2[nH]ccc12. The average molecular weight is 486 g/mol. The Kier molecular flexibility index (Phi) is 7.30. The van der Waals surface area contributed by atoms with Gasteiger partial charge < -0.3 is 15.6 Å². The Hall–Kier alpha value is -4.80. The van der Waals surface area contributed by atoms with E-state index in [9.17, 15) is 5.26 Å². The summed E-state index contributed by atoms with van der Waals surface area (Å²) in [5.41, 5.74) is 8.39. The molecule has 4 aromatic heterocycles. The summed E-state index contributed by atoms with van der Waals surface area (Å²) < 4.78 is 0. The Bertz CT molecular complexity index is 1560. The molecule has 7 heteroatoms. The van der Waals surface area contributed by atoms with E-state index in [2.05, 4.69) is 55.7 Å². The van der Waals surface area contributed by atoms with Crippen LogP contribution >= 0.6 is 0 Å². The molecule has 0 radical (unpaired) electrons. The number of H-pyrrole nitrogens is 1. The first-order valence-electron chi connectivity index (χ1n) is 12.2. The molecule has 0 saturated carbocycles. The maximum Gasteiger partial charge on any atom is 0.103 e. The molecular weight excluding hydrogens is 458 g/mol. The van der Waals surface area contributed by atoms with Crippen molar-refractivity contribution in [2.45, 2.75) is 19.9 Å².